The lowest BCUT2D eigenvalue weighted by Crippen LogP contribution is -2.63. The second-order valence-corrected chi connectivity index (χ2v) is 26.2. The number of likely N-dealkylation sites (tertiary alicyclic amines) is 1. The molecule has 83 heavy (non-hydrogen) atoms. The van der Waals surface area contributed by atoms with E-state index in [2.05, 4.69) is 56.6 Å². The second kappa shape index (κ2) is 25.1. The summed E-state index contributed by atoms with van der Waals surface area (Å²) in [6, 6.07) is 17.1. The smallest absolute Gasteiger partial charge is 0.251 e. The number of hydrogen-bond donors (Lipinski definition) is 5. The lowest BCUT2D eigenvalue weighted by Gasteiger charge is -2.55. The van der Waals surface area contributed by atoms with Crippen LogP contribution in [0.1, 0.15) is 136 Å². The van der Waals surface area contributed by atoms with Crippen LogP contribution in [0.2, 0.25) is 5.02 Å². The van der Waals surface area contributed by atoms with Gasteiger partial charge in [0.05, 0.1) is 41.1 Å². The highest BCUT2D eigenvalue weighted by Crippen LogP contribution is 2.50. The van der Waals surface area contributed by atoms with Gasteiger partial charge >= 0.3 is 0 Å². The third-order valence-corrected chi connectivity index (χ3v) is 20.6. The molecule has 4 aromatic rings. The van der Waals surface area contributed by atoms with Crippen LogP contribution in [-0.2, 0) is 23.9 Å². The number of amides is 5. The zero-order chi connectivity index (χ0) is 57.1. The Morgan fingerprint density at radius 1 is 0.747 bits per heavy atom. The summed E-state index contributed by atoms with van der Waals surface area (Å²) < 4.78 is 6.79. The first-order chi connectivity index (χ1) is 40.3. The predicted molar refractivity (Wildman–Crippen MR) is 319 cm³/mol. The topological polar surface area (TPSA) is 218 Å². The number of H-pyrrole nitrogens is 1. The average Bonchev–Trinajstić information content (AvgIpc) is 3.19. The van der Waals surface area contributed by atoms with Crippen molar-refractivity contribution in [3.05, 3.63) is 88.8 Å². The van der Waals surface area contributed by atoms with Crippen LogP contribution in [0.15, 0.2) is 67.1 Å². The van der Waals surface area contributed by atoms with Gasteiger partial charge in [-0.25, -0.2) is 9.97 Å². The van der Waals surface area contributed by atoms with Crippen LogP contribution in [0.25, 0.3) is 11.0 Å². The minimum absolute atomic E-state index is 0.0224. The maximum atomic E-state index is 14.6. The number of nitrogens with two attached hydrogens (primary N) is 1. The van der Waals surface area contributed by atoms with Gasteiger partial charge < -0.3 is 51.0 Å². The molecule has 0 radical (unpaired) electrons. The third-order valence-electron chi connectivity index (χ3n) is 20.3. The van der Waals surface area contributed by atoms with Crippen molar-refractivity contribution in [2.45, 2.75) is 138 Å². The number of aromatic nitrogens is 3. The normalized spacial score (nSPS) is 26.2. The largest absolute Gasteiger partial charge is 0.373 e. The van der Waals surface area contributed by atoms with Crippen LogP contribution in [0.5, 0.6) is 0 Å². The number of carbonyl (C=O) groups is 5. The first-order valence-corrected chi connectivity index (χ1v) is 31.7. The highest BCUT2D eigenvalue weighted by molar-refractivity contribution is 6.30. The summed E-state index contributed by atoms with van der Waals surface area (Å²) in [5, 5.41) is 11.6. The van der Waals surface area contributed by atoms with Gasteiger partial charge in [0.25, 0.3) is 5.91 Å². The van der Waals surface area contributed by atoms with E-state index in [9.17, 15) is 24.0 Å². The molecule has 3 aliphatic carbocycles. The maximum absolute atomic E-state index is 14.6. The standard InChI is InChI=1S/C63H86ClN13O6/c64-49-13-11-44(12-14-49)52(70-59(81)63(65)23-28-74(29-24-63)56-51-17-25-66-55(51)68-43-69-56)18-27-72-30-36-76(37-31-72)60(82)61-19-21-62(22-20-61,83-42-61)41-73-32-34-75(35-33-73)58(80)54(45-6-2-1-3-7-45)71-57(79)47-9-4-8-46(38-47)48-10-5-26-77(40-48)53(78)39-67-50-15-16-50/h4,8-9,11-14,17,25,38,43,45,48,50,52,54,67H,1-3,5-7,10,15-16,18-24,26-37,39-42,65H2,(H,70,81)(H,71,79)(H,66,68,69)/t48?,52-,54+,61?,62?/m0/s1. The molecule has 1 unspecified atom stereocenters. The molecule has 0 spiro atoms. The van der Waals surface area contributed by atoms with Gasteiger partial charge in [-0.2, -0.15) is 0 Å². The van der Waals surface area contributed by atoms with Crippen molar-refractivity contribution in [1.82, 2.24) is 55.4 Å². The Kier molecular flexibility index (Phi) is 17.5. The number of fused-ring (bicyclic) bond motifs is 4. The lowest BCUT2D eigenvalue weighted by atomic mass is 9.65. The Bertz CT molecular complexity index is 2920. The number of anilines is 1. The van der Waals surface area contributed by atoms with E-state index in [4.69, 9.17) is 22.1 Å². The van der Waals surface area contributed by atoms with E-state index in [1.165, 1.54) is 0 Å². The fourth-order valence-electron chi connectivity index (χ4n) is 14.7. The maximum Gasteiger partial charge on any atom is 0.251 e. The number of halogens is 1. The summed E-state index contributed by atoms with van der Waals surface area (Å²) in [6.45, 7) is 10.4. The van der Waals surface area contributed by atoms with E-state index in [-0.39, 0.29) is 53.0 Å². The summed E-state index contributed by atoms with van der Waals surface area (Å²) in [5.74, 6) is 1.14. The number of rotatable bonds is 18. The van der Waals surface area contributed by atoms with Gasteiger partial charge in [0.1, 0.15) is 23.8 Å². The van der Waals surface area contributed by atoms with Crippen molar-refractivity contribution in [3.63, 3.8) is 0 Å². The van der Waals surface area contributed by atoms with E-state index in [0.29, 0.717) is 94.9 Å². The fourth-order valence-corrected chi connectivity index (χ4v) is 14.8. The van der Waals surface area contributed by atoms with Crippen molar-refractivity contribution in [2.75, 3.05) is 110 Å². The summed E-state index contributed by atoms with van der Waals surface area (Å²) in [6.07, 6.45) is 17.7. The van der Waals surface area contributed by atoms with Crippen LogP contribution in [0, 0.1) is 11.3 Å². The third kappa shape index (κ3) is 13.1. The number of piperazine rings is 2. The number of aromatic amines is 1. The first-order valence-electron chi connectivity index (χ1n) is 31.3. The number of benzene rings is 2. The van der Waals surface area contributed by atoms with Crippen molar-refractivity contribution >= 4 is 58.0 Å². The number of nitrogens with zero attached hydrogens (tertiary/aromatic N) is 8. The highest BCUT2D eigenvalue weighted by atomic mass is 35.5. The quantitative estimate of drug-likeness (QED) is 0.0820. The van der Waals surface area contributed by atoms with Gasteiger partial charge in [0.15, 0.2) is 0 Å². The monoisotopic (exact) mass is 1160 g/mol. The van der Waals surface area contributed by atoms with Crippen LogP contribution >= 0.6 is 11.6 Å². The first kappa shape index (κ1) is 57.7. The zero-order valence-electron chi connectivity index (χ0n) is 48.3. The summed E-state index contributed by atoms with van der Waals surface area (Å²) in [7, 11) is 0. The molecule has 6 N–H and O–H groups in total. The highest BCUT2D eigenvalue weighted by Gasteiger charge is 2.55. The molecule has 13 rings (SSSR count). The van der Waals surface area contributed by atoms with Gasteiger partial charge in [-0.3, -0.25) is 33.8 Å². The molecule has 446 valence electrons. The number of piperidine rings is 2. The second-order valence-electron chi connectivity index (χ2n) is 25.7. The van der Waals surface area contributed by atoms with Crippen LogP contribution < -0.4 is 26.6 Å². The molecule has 6 saturated heterocycles. The molecule has 2 bridgehead atoms. The zero-order valence-corrected chi connectivity index (χ0v) is 49.1. The Morgan fingerprint density at radius 2 is 1.48 bits per heavy atom. The Labute approximate surface area is 493 Å². The number of hydrogen-bond acceptors (Lipinski definition) is 13. The lowest BCUT2D eigenvalue weighted by molar-refractivity contribution is -0.203. The van der Waals surface area contributed by atoms with Gasteiger partial charge in [-0.15, -0.1) is 0 Å². The van der Waals surface area contributed by atoms with E-state index in [0.717, 1.165) is 157 Å². The molecule has 20 heteroatoms. The molecule has 19 nitrogen and oxygen atoms in total. The Hall–Kier alpha value is -5.70. The van der Waals surface area contributed by atoms with Crippen LogP contribution in [0.4, 0.5) is 5.82 Å². The molecule has 6 aliphatic heterocycles. The summed E-state index contributed by atoms with van der Waals surface area (Å²) >= 11 is 6.32. The van der Waals surface area contributed by atoms with Gasteiger partial charge in [0, 0.05) is 120 Å². The van der Waals surface area contributed by atoms with E-state index in [1.807, 2.05) is 64.5 Å². The van der Waals surface area contributed by atoms with E-state index < -0.39 is 17.0 Å². The van der Waals surface area contributed by atoms with Gasteiger partial charge in [0.2, 0.25) is 23.6 Å². The average molecular weight is 1160 g/mol. The van der Waals surface area contributed by atoms with Crippen molar-refractivity contribution in [3.8, 4) is 0 Å². The number of carbonyl (C=O) groups excluding carboxylic acids is 5. The van der Waals surface area contributed by atoms with Crippen LogP contribution in [-0.4, -0.2) is 197 Å². The predicted octanol–water partition coefficient (Wildman–Crippen LogP) is 5.61. The van der Waals surface area contributed by atoms with Crippen molar-refractivity contribution < 1.29 is 28.7 Å². The minimum Gasteiger partial charge on any atom is -0.373 e. The number of ether oxygens (including phenoxy) is 1. The Balaban J connectivity index is 0.593. The molecule has 8 heterocycles. The molecule has 3 atom stereocenters. The van der Waals surface area contributed by atoms with E-state index >= 15 is 0 Å². The SMILES string of the molecule is NC1(C(=O)N[C@@H](CCN2CCN(C(=O)C34CCC(CN5CCN(C(=O)[C@H](NC(=O)c6cccc(C7CCCN(C(=O)CNC8CC8)C7)c6)C6CCCCC6)CC5)(CC3)OC4)CC2)c2ccc(Cl)cc2)CCN(c2ncnc3[nH]ccc23)CC1. The minimum atomic E-state index is -1.02. The summed E-state index contributed by atoms with van der Waals surface area (Å²) in [4.78, 5) is 95.4. The Morgan fingerprint density at radius 3 is 2.20 bits per heavy atom. The molecular weight excluding hydrogens is 1070 g/mol. The van der Waals surface area contributed by atoms with Gasteiger partial charge in [-0.05, 0) is 131 Å². The summed E-state index contributed by atoms with van der Waals surface area (Å²) in [5.41, 5.74) is 8.48. The van der Waals surface area contributed by atoms with Crippen molar-refractivity contribution in [2.24, 2.45) is 17.1 Å². The van der Waals surface area contributed by atoms with Crippen molar-refractivity contribution in [1.29, 1.82) is 0 Å². The molecule has 9 aliphatic rings. The fraction of sp³-hybridized carbons (Fsp3) is 0.635. The molecule has 2 aromatic heterocycles. The molecule has 9 fully saturated rings. The van der Waals surface area contributed by atoms with Crippen LogP contribution in [0.3, 0.4) is 0 Å². The number of nitrogens with one attached hydrogen (secondary N) is 4. The molecular formula is C63H86ClN13O6. The molecule has 3 saturated carbocycles. The molecule has 5 amide bonds. The molecule has 2 aromatic carbocycles. The van der Waals surface area contributed by atoms with E-state index in [1.54, 1.807) is 6.33 Å². The van der Waals surface area contributed by atoms with Gasteiger partial charge in [-0.1, -0.05) is 55.1 Å².